The van der Waals surface area contributed by atoms with Crippen LogP contribution >= 0.6 is 0 Å². The molecule has 0 aliphatic heterocycles. The Bertz CT molecular complexity index is 654. The number of nitrogen functional groups attached to an aromatic ring is 1. The molecule has 1 aromatic rings. The van der Waals surface area contributed by atoms with Gasteiger partial charge in [-0.25, -0.2) is 17.5 Å². The summed E-state index contributed by atoms with van der Waals surface area (Å²) in [6.07, 6.45) is 7.42. The summed E-state index contributed by atoms with van der Waals surface area (Å²) in [5.41, 5.74) is 6.96. The van der Waals surface area contributed by atoms with Crippen molar-refractivity contribution in [2.75, 3.05) is 12.3 Å². The fourth-order valence-corrected chi connectivity index (χ4v) is 3.80. The van der Waals surface area contributed by atoms with E-state index in [2.05, 4.69) is 10.8 Å². The average Bonchev–Trinajstić information content (AvgIpc) is 2.43. The molecular weight excluding hydrogens is 291 g/mol. The number of nitrogens with one attached hydrogen (secondary N) is 1. The van der Waals surface area contributed by atoms with E-state index in [-0.39, 0.29) is 10.6 Å². The van der Waals surface area contributed by atoms with Crippen molar-refractivity contribution in [3.05, 3.63) is 35.2 Å². The Kier molecular flexibility index (Phi) is 5.00. The van der Waals surface area contributed by atoms with Crippen LogP contribution in [-0.2, 0) is 10.0 Å². The monoisotopic (exact) mass is 312 g/mol. The van der Waals surface area contributed by atoms with Crippen molar-refractivity contribution in [3.63, 3.8) is 0 Å². The van der Waals surface area contributed by atoms with E-state index >= 15 is 0 Å². The molecule has 0 amide bonds. The Balaban J connectivity index is 2.05. The second kappa shape index (κ2) is 6.58. The molecule has 2 rings (SSSR count). The number of benzene rings is 1. The van der Waals surface area contributed by atoms with Gasteiger partial charge in [0.1, 0.15) is 5.82 Å². The lowest BCUT2D eigenvalue weighted by atomic mass is 9.97. The Morgan fingerprint density at radius 1 is 1.33 bits per heavy atom. The second-order valence-electron chi connectivity index (χ2n) is 5.40. The second-order valence-corrected chi connectivity index (χ2v) is 7.13. The molecule has 21 heavy (non-hydrogen) atoms. The highest BCUT2D eigenvalue weighted by Crippen LogP contribution is 2.22. The minimum Gasteiger partial charge on any atom is -0.396 e. The van der Waals surface area contributed by atoms with Crippen LogP contribution in [0, 0.1) is 12.7 Å². The Morgan fingerprint density at radius 3 is 2.76 bits per heavy atom. The van der Waals surface area contributed by atoms with Crippen molar-refractivity contribution in [1.29, 1.82) is 0 Å². The summed E-state index contributed by atoms with van der Waals surface area (Å²) >= 11 is 0. The Labute approximate surface area is 125 Å². The van der Waals surface area contributed by atoms with Crippen molar-refractivity contribution in [2.45, 2.75) is 43.9 Å². The van der Waals surface area contributed by atoms with Crippen LogP contribution in [0.3, 0.4) is 0 Å². The van der Waals surface area contributed by atoms with Crippen LogP contribution in [0.2, 0.25) is 0 Å². The first-order chi connectivity index (χ1) is 9.90. The largest absolute Gasteiger partial charge is 0.396 e. The molecule has 1 aliphatic carbocycles. The van der Waals surface area contributed by atoms with Crippen LogP contribution < -0.4 is 10.5 Å². The maximum absolute atomic E-state index is 13.3. The van der Waals surface area contributed by atoms with Crippen LogP contribution in [0.4, 0.5) is 10.1 Å². The third kappa shape index (κ3) is 4.04. The van der Waals surface area contributed by atoms with Gasteiger partial charge in [-0.3, -0.25) is 0 Å². The van der Waals surface area contributed by atoms with E-state index in [0.29, 0.717) is 12.1 Å². The molecule has 6 heteroatoms. The Hall–Kier alpha value is -1.40. The number of allylic oxidation sites excluding steroid dienone is 1. The standard InChI is InChI=1S/C15H21FN2O2S/c1-11-9-13(16)14(17)10-15(11)21(19,20)18-8-7-12-5-3-2-4-6-12/h5,9-10,18H,2-4,6-8,17H2,1H3. The number of anilines is 1. The van der Waals surface area contributed by atoms with Crippen molar-refractivity contribution in [1.82, 2.24) is 4.72 Å². The highest BCUT2D eigenvalue weighted by Gasteiger charge is 2.18. The van der Waals surface area contributed by atoms with E-state index in [1.807, 2.05) is 0 Å². The predicted octanol–water partition coefficient (Wildman–Crippen LogP) is 2.89. The molecule has 0 saturated carbocycles. The molecule has 116 valence electrons. The topological polar surface area (TPSA) is 72.2 Å². The summed E-state index contributed by atoms with van der Waals surface area (Å²) in [7, 11) is -3.65. The van der Waals surface area contributed by atoms with Crippen LogP contribution in [0.15, 0.2) is 28.7 Å². The van der Waals surface area contributed by atoms with Crippen molar-refractivity contribution in [2.24, 2.45) is 0 Å². The molecule has 0 heterocycles. The van der Waals surface area contributed by atoms with Crippen molar-refractivity contribution < 1.29 is 12.8 Å². The summed E-state index contributed by atoms with van der Waals surface area (Å²) in [4.78, 5) is 0.0408. The van der Waals surface area contributed by atoms with Gasteiger partial charge in [0.25, 0.3) is 0 Å². The number of rotatable bonds is 5. The van der Waals surface area contributed by atoms with Crippen LogP contribution in [0.1, 0.15) is 37.7 Å². The third-order valence-corrected chi connectivity index (χ3v) is 5.31. The smallest absolute Gasteiger partial charge is 0.240 e. The summed E-state index contributed by atoms with van der Waals surface area (Å²) < 4.78 is 40.4. The van der Waals surface area contributed by atoms with Crippen LogP contribution in [0.5, 0.6) is 0 Å². The molecular formula is C15H21FN2O2S. The molecule has 0 spiro atoms. The van der Waals surface area contributed by atoms with Crippen LogP contribution in [0.25, 0.3) is 0 Å². The number of hydrogen-bond donors (Lipinski definition) is 2. The SMILES string of the molecule is Cc1cc(F)c(N)cc1S(=O)(=O)NCCC1=CCCCC1. The summed E-state index contributed by atoms with van der Waals surface area (Å²) in [5.74, 6) is -0.598. The number of hydrogen-bond acceptors (Lipinski definition) is 3. The van der Waals surface area contributed by atoms with E-state index in [4.69, 9.17) is 5.73 Å². The molecule has 1 aliphatic rings. The Morgan fingerprint density at radius 2 is 2.10 bits per heavy atom. The minimum absolute atomic E-state index is 0.0408. The van der Waals surface area contributed by atoms with Gasteiger partial charge in [0.05, 0.1) is 10.6 Å². The van der Waals surface area contributed by atoms with Gasteiger partial charge in [-0.05, 0) is 56.7 Å². The third-order valence-electron chi connectivity index (χ3n) is 3.71. The first-order valence-corrected chi connectivity index (χ1v) is 8.61. The zero-order valence-corrected chi connectivity index (χ0v) is 13.0. The van der Waals surface area contributed by atoms with Gasteiger partial charge in [-0.2, -0.15) is 0 Å². The van der Waals surface area contributed by atoms with E-state index in [9.17, 15) is 12.8 Å². The van der Waals surface area contributed by atoms with Gasteiger partial charge in [0.15, 0.2) is 0 Å². The zero-order chi connectivity index (χ0) is 15.5. The van der Waals surface area contributed by atoms with Gasteiger partial charge < -0.3 is 5.73 Å². The number of aryl methyl sites for hydroxylation is 1. The molecule has 1 aromatic carbocycles. The quantitative estimate of drug-likeness (QED) is 0.648. The number of halogens is 1. The average molecular weight is 312 g/mol. The van der Waals surface area contributed by atoms with E-state index in [1.54, 1.807) is 6.92 Å². The minimum atomic E-state index is -3.65. The molecule has 0 fully saturated rings. The van der Waals surface area contributed by atoms with Crippen molar-refractivity contribution >= 4 is 15.7 Å². The maximum Gasteiger partial charge on any atom is 0.240 e. The molecule has 0 aromatic heterocycles. The van der Waals surface area contributed by atoms with Gasteiger partial charge in [0.2, 0.25) is 10.0 Å². The van der Waals surface area contributed by atoms with Gasteiger partial charge in [-0.1, -0.05) is 11.6 Å². The molecule has 0 saturated heterocycles. The summed E-state index contributed by atoms with van der Waals surface area (Å²) in [5, 5.41) is 0. The normalized spacial score (nSPS) is 15.8. The van der Waals surface area contributed by atoms with Crippen LogP contribution in [-0.4, -0.2) is 15.0 Å². The molecule has 0 unspecified atom stereocenters. The fourth-order valence-electron chi connectivity index (χ4n) is 2.51. The lowest BCUT2D eigenvalue weighted by molar-refractivity contribution is 0.578. The maximum atomic E-state index is 13.3. The van der Waals surface area contributed by atoms with E-state index < -0.39 is 15.8 Å². The van der Waals surface area contributed by atoms with E-state index in [1.165, 1.54) is 24.5 Å². The van der Waals surface area contributed by atoms with Gasteiger partial charge in [-0.15, -0.1) is 0 Å². The first kappa shape index (κ1) is 16.0. The number of sulfonamides is 1. The summed E-state index contributed by atoms with van der Waals surface area (Å²) in [6, 6.07) is 2.32. The summed E-state index contributed by atoms with van der Waals surface area (Å²) in [6.45, 7) is 1.91. The van der Waals surface area contributed by atoms with Gasteiger partial charge in [0, 0.05) is 6.54 Å². The predicted molar refractivity (Wildman–Crippen MR) is 81.9 cm³/mol. The lowest BCUT2D eigenvalue weighted by Gasteiger charge is -2.14. The molecule has 0 bridgehead atoms. The zero-order valence-electron chi connectivity index (χ0n) is 12.2. The van der Waals surface area contributed by atoms with Crippen molar-refractivity contribution in [3.8, 4) is 0 Å². The highest BCUT2D eigenvalue weighted by atomic mass is 32.2. The first-order valence-electron chi connectivity index (χ1n) is 7.13. The fraction of sp³-hybridized carbons (Fsp3) is 0.467. The molecule has 4 nitrogen and oxygen atoms in total. The lowest BCUT2D eigenvalue weighted by Crippen LogP contribution is -2.26. The number of nitrogens with two attached hydrogens (primary N) is 1. The van der Waals surface area contributed by atoms with E-state index in [0.717, 1.165) is 25.3 Å². The molecule has 3 N–H and O–H groups in total. The highest BCUT2D eigenvalue weighted by molar-refractivity contribution is 7.89. The molecule has 0 atom stereocenters. The van der Waals surface area contributed by atoms with Gasteiger partial charge >= 0.3 is 0 Å². The molecule has 0 radical (unpaired) electrons.